The van der Waals surface area contributed by atoms with Crippen molar-refractivity contribution in [2.45, 2.75) is 38.2 Å². The Morgan fingerprint density at radius 1 is 1.07 bits per heavy atom. The fraction of sp³-hybridized carbons (Fsp3) is 0.273. The summed E-state index contributed by atoms with van der Waals surface area (Å²) < 4.78 is 5.53. The summed E-state index contributed by atoms with van der Waals surface area (Å²) in [6, 6.07) is 12.5. The zero-order valence-electron chi connectivity index (χ0n) is 15.9. The number of nitro groups is 1. The van der Waals surface area contributed by atoms with Crippen LogP contribution in [0, 0.1) is 10.1 Å². The molecule has 1 fully saturated rings. The van der Waals surface area contributed by atoms with E-state index < -0.39 is 4.92 Å². The number of benzene rings is 2. The van der Waals surface area contributed by atoms with Gasteiger partial charge in [-0.1, -0.05) is 18.6 Å². The average molecular weight is 394 g/mol. The van der Waals surface area contributed by atoms with Crippen molar-refractivity contribution < 1.29 is 19.2 Å². The highest BCUT2D eigenvalue weighted by molar-refractivity contribution is 6.02. The third-order valence-corrected chi connectivity index (χ3v) is 4.72. The molecule has 0 heterocycles. The third-order valence-electron chi connectivity index (χ3n) is 4.72. The van der Waals surface area contributed by atoms with Crippen LogP contribution >= 0.6 is 0 Å². The maximum absolute atomic E-state index is 12.2. The highest BCUT2D eigenvalue weighted by Gasteiger charge is 2.18. The second kappa shape index (κ2) is 9.64. The lowest BCUT2D eigenvalue weighted by Gasteiger charge is -2.21. The number of hydrogen-bond donors (Lipinski definition) is 1. The second-order valence-corrected chi connectivity index (χ2v) is 6.92. The summed E-state index contributed by atoms with van der Waals surface area (Å²) in [7, 11) is 0. The topological polar surface area (TPSA) is 98.5 Å². The molecule has 7 heteroatoms. The first kappa shape index (κ1) is 20.3. The van der Waals surface area contributed by atoms with E-state index in [1.165, 1.54) is 30.7 Å². The third kappa shape index (κ3) is 6.00. The summed E-state index contributed by atoms with van der Waals surface area (Å²) in [5, 5.41) is 13.5. The Hall–Kier alpha value is -3.48. The molecule has 0 aliphatic heterocycles. The maximum atomic E-state index is 12.2. The van der Waals surface area contributed by atoms with Gasteiger partial charge in [-0.25, -0.2) is 4.79 Å². The molecule has 2 aromatic carbocycles. The fourth-order valence-electron chi connectivity index (χ4n) is 3.19. The molecule has 2 aromatic rings. The molecule has 1 saturated carbocycles. The van der Waals surface area contributed by atoms with Gasteiger partial charge in [0.15, 0.2) is 0 Å². The largest absolute Gasteiger partial charge is 0.459 e. The Labute approximate surface area is 168 Å². The van der Waals surface area contributed by atoms with E-state index in [4.69, 9.17) is 4.74 Å². The van der Waals surface area contributed by atoms with Crippen LogP contribution in [-0.2, 0) is 9.53 Å². The molecule has 0 radical (unpaired) electrons. The quantitative estimate of drug-likeness (QED) is 0.330. The summed E-state index contributed by atoms with van der Waals surface area (Å²) in [5.41, 5.74) is 1.49. The minimum absolute atomic E-state index is 0.00502. The van der Waals surface area contributed by atoms with E-state index in [-0.39, 0.29) is 23.7 Å². The lowest BCUT2D eigenvalue weighted by molar-refractivity contribution is -0.384. The minimum Gasteiger partial charge on any atom is -0.459 e. The molecule has 0 bridgehead atoms. The van der Waals surface area contributed by atoms with Crippen LogP contribution < -0.4 is 5.32 Å². The number of amides is 1. The molecular formula is C22H22N2O5. The van der Waals surface area contributed by atoms with Gasteiger partial charge in [-0.05, 0) is 61.6 Å². The van der Waals surface area contributed by atoms with Crippen molar-refractivity contribution in [1.29, 1.82) is 0 Å². The van der Waals surface area contributed by atoms with Gasteiger partial charge in [0.25, 0.3) is 5.69 Å². The van der Waals surface area contributed by atoms with Crippen molar-refractivity contribution in [3.05, 3.63) is 75.8 Å². The summed E-state index contributed by atoms with van der Waals surface area (Å²) in [4.78, 5) is 34.6. The second-order valence-electron chi connectivity index (χ2n) is 6.92. The Morgan fingerprint density at radius 3 is 2.48 bits per heavy atom. The minimum atomic E-state index is -0.488. The van der Waals surface area contributed by atoms with Gasteiger partial charge in [0.05, 0.1) is 10.5 Å². The summed E-state index contributed by atoms with van der Waals surface area (Å²) in [5.74, 6) is -0.727. The van der Waals surface area contributed by atoms with E-state index in [9.17, 15) is 19.7 Å². The van der Waals surface area contributed by atoms with E-state index in [1.807, 2.05) is 0 Å². The van der Waals surface area contributed by atoms with Gasteiger partial charge in [-0.3, -0.25) is 14.9 Å². The van der Waals surface area contributed by atoms with Crippen molar-refractivity contribution in [2.24, 2.45) is 0 Å². The zero-order chi connectivity index (χ0) is 20.6. The van der Waals surface area contributed by atoms with Crippen LogP contribution in [0.5, 0.6) is 0 Å². The molecule has 1 aliphatic carbocycles. The standard InChI is InChI=1S/C22H22N2O5/c25-21(14-9-16-5-4-6-19(15-16)24(27)28)23-18-12-10-17(11-13-18)22(26)29-20-7-2-1-3-8-20/h4-6,9-15,20H,1-3,7-8H2,(H,23,25)/b14-9+. The molecule has 1 amide bonds. The average Bonchev–Trinajstić information content (AvgIpc) is 2.73. The number of carbonyl (C=O) groups excluding carboxylic acids is 2. The Morgan fingerprint density at radius 2 is 1.79 bits per heavy atom. The van der Waals surface area contributed by atoms with Crippen LogP contribution in [0.4, 0.5) is 11.4 Å². The molecule has 150 valence electrons. The molecule has 1 aliphatic rings. The Balaban J connectivity index is 1.54. The normalized spacial score (nSPS) is 14.5. The summed E-state index contributed by atoms with van der Waals surface area (Å²) >= 11 is 0. The smallest absolute Gasteiger partial charge is 0.338 e. The van der Waals surface area contributed by atoms with Gasteiger partial charge in [-0.15, -0.1) is 0 Å². The molecule has 7 nitrogen and oxygen atoms in total. The number of nitrogens with one attached hydrogen (secondary N) is 1. The number of ether oxygens (including phenoxy) is 1. The van der Waals surface area contributed by atoms with Gasteiger partial charge in [0, 0.05) is 23.9 Å². The lowest BCUT2D eigenvalue weighted by Crippen LogP contribution is -2.20. The molecule has 0 atom stereocenters. The SMILES string of the molecule is O=C(/C=C/c1cccc([N+](=O)[O-])c1)Nc1ccc(C(=O)OC2CCCCC2)cc1. The highest BCUT2D eigenvalue weighted by atomic mass is 16.6. The molecule has 0 spiro atoms. The van der Waals surface area contributed by atoms with Crippen LogP contribution in [0.1, 0.15) is 48.0 Å². The first-order chi connectivity index (χ1) is 14.0. The van der Waals surface area contributed by atoms with E-state index in [2.05, 4.69) is 5.32 Å². The van der Waals surface area contributed by atoms with E-state index in [0.717, 1.165) is 25.7 Å². The van der Waals surface area contributed by atoms with Crippen molar-refractivity contribution in [3.63, 3.8) is 0 Å². The lowest BCUT2D eigenvalue weighted by atomic mass is 9.98. The summed E-state index contributed by atoms with van der Waals surface area (Å²) in [6.07, 6.45) is 7.99. The van der Waals surface area contributed by atoms with Crippen LogP contribution in [0.3, 0.4) is 0 Å². The number of nitro benzene ring substituents is 1. The van der Waals surface area contributed by atoms with Gasteiger partial charge in [0.1, 0.15) is 6.10 Å². The maximum Gasteiger partial charge on any atom is 0.338 e. The van der Waals surface area contributed by atoms with Crippen LogP contribution in [0.25, 0.3) is 6.08 Å². The van der Waals surface area contributed by atoms with E-state index in [0.29, 0.717) is 16.8 Å². The molecular weight excluding hydrogens is 372 g/mol. The number of non-ortho nitro benzene ring substituents is 1. The van der Waals surface area contributed by atoms with Gasteiger partial charge >= 0.3 is 5.97 Å². The molecule has 29 heavy (non-hydrogen) atoms. The number of nitrogens with zero attached hydrogens (tertiary/aromatic N) is 1. The fourth-order valence-corrected chi connectivity index (χ4v) is 3.19. The molecule has 3 rings (SSSR count). The zero-order valence-corrected chi connectivity index (χ0v) is 15.9. The number of rotatable bonds is 6. The van der Waals surface area contributed by atoms with Crippen LogP contribution in [0.15, 0.2) is 54.6 Å². The van der Waals surface area contributed by atoms with Gasteiger partial charge < -0.3 is 10.1 Å². The molecule has 0 saturated heterocycles. The van der Waals surface area contributed by atoms with Crippen molar-refractivity contribution in [3.8, 4) is 0 Å². The van der Waals surface area contributed by atoms with Crippen LogP contribution in [0.2, 0.25) is 0 Å². The number of hydrogen-bond acceptors (Lipinski definition) is 5. The van der Waals surface area contributed by atoms with Gasteiger partial charge in [0.2, 0.25) is 5.91 Å². The van der Waals surface area contributed by atoms with Gasteiger partial charge in [-0.2, -0.15) is 0 Å². The molecule has 0 unspecified atom stereocenters. The van der Waals surface area contributed by atoms with E-state index >= 15 is 0 Å². The number of carbonyl (C=O) groups is 2. The summed E-state index contributed by atoms with van der Waals surface area (Å²) in [6.45, 7) is 0. The van der Waals surface area contributed by atoms with Crippen molar-refractivity contribution in [1.82, 2.24) is 0 Å². The highest BCUT2D eigenvalue weighted by Crippen LogP contribution is 2.22. The monoisotopic (exact) mass is 394 g/mol. The number of esters is 1. The molecule has 1 N–H and O–H groups in total. The number of anilines is 1. The van der Waals surface area contributed by atoms with Crippen LogP contribution in [-0.4, -0.2) is 22.9 Å². The predicted molar refractivity (Wildman–Crippen MR) is 109 cm³/mol. The molecule has 0 aromatic heterocycles. The first-order valence-corrected chi connectivity index (χ1v) is 9.56. The Kier molecular flexibility index (Phi) is 6.73. The first-order valence-electron chi connectivity index (χ1n) is 9.56. The van der Waals surface area contributed by atoms with Crippen molar-refractivity contribution >= 4 is 29.3 Å². The van der Waals surface area contributed by atoms with Crippen molar-refractivity contribution in [2.75, 3.05) is 5.32 Å². The van der Waals surface area contributed by atoms with E-state index in [1.54, 1.807) is 36.4 Å². The predicted octanol–water partition coefficient (Wildman–Crippen LogP) is 4.74. The Bertz CT molecular complexity index is 915.